The summed E-state index contributed by atoms with van der Waals surface area (Å²) in [7, 11) is 0. The number of halogens is 1. The van der Waals surface area contributed by atoms with E-state index < -0.39 is 0 Å². The minimum Gasteiger partial charge on any atom is -0.268 e. The van der Waals surface area contributed by atoms with Gasteiger partial charge < -0.3 is 0 Å². The first-order chi connectivity index (χ1) is 13.1. The van der Waals surface area contributed by atoms with Gasteiger partial charge in [-0.2, -0.15) is 0 Å². The summed E-state index contributed by atoms with van der Waals surface area (Å²) in [4.78, 5) is 22.2. The first-order valence-electron chi connectivity index (χ1n) is 8.51. The van der Waals surface area contributed by atoms with Crippen LogP contribution >= 0.6 is 11.6 Å². The number of hydrogen-bond donors (Lipinski definition) is 0. The van der Waals surface area contributed by atoms with Crippen LogP contribution in [0.2, 0.25) is 5.02 Å². The zero-order valence-electron chi connectivity index (χ0n) is 14.6. The molecule has 0 atom stereocenters. The zero-order valence-corrected chi connectivity index (χ0v) is 15.4. The largest absolute Gasteiger partial charge is 0.268 e. The van der Waals surface area contributed by atoms with Gasteiger partial charge in [0.2, 0.25) is 0 Å². The normalized spacial score (nSPS) is 11.3. The first kappa shape index (κ1) is 17.2. The number of fused-ring (bicyclic) bond motifs is 1. The highest BCUT2D eigenvalue weighted by Crippen LogP contribution is 2.20. The van der Waals surface area contributed by atoms with Crippen molar-refractivity contribution in [3.05, 3.63) is 99.3 Å². The second kappa shape index (κ2) is 7.17. The van der Waals surface area contributed by atoms with Crippen LogP contribution in [-0.2, 0) is 0 Å². The SMILES string of the molecule is Cc1ccccc1-n1c(/C=C/c2ccccn2)nc2cc(Cl)ccc2c1=O. The van der Waals surface area contributed by atoms with Gasteiger partial charge in [0.1, 0.15) is 5.82 Å². The number of para-hydroxylation sites is 1. The van der Waals surface area contributed by atoms with E-state index in [9.17, 15) is 4.79 Å². The molecule has 4 rings (SSSR count). The quantitative estimate of drug-likeness (QED) is 0.512. The van der Waals surface area contributed by atoms with Crippen LogP contribution in [0.4, 0.5) is 0 Å². The number of aromatic nitrogens is 3. The average molecular weight is 374 g/mol. The highest BCUT2D eigenvalue weighted by molar-refractivity contribution is 6.31. The number of pyridine rings is 1. The number of nitrogens with zero attached hydrogens (tertiary/aromatic N) is 3. The molecule has 2 heterocycles. The molecule has 5 heteroatoms. The molecule has 0 unspecified atom stereocenters. The fraction of sp³-hybridized carbons (Fsp3) is 0.0455. The van der Waals surface area contributed by atoms with Crippen LogP contribution in [0, 0.1) is 6.92 Å². The van der Waals surface area contributed by atoms with E-state index in [1.165, 1.54) is 0 Å². The van der Waals surface area contributed by atoms with Crippen LogP contribution in [0.25, 0.3) is 28.7 Å². The lowest BCUT2D eigenvalue weighted by Crippen LogP contribution is -2.23. The summed E-state index contributed by atoms with van der Waals surface area (Å²) in [6.45, 7) is 1.97. The molecule has 0 fully saturated rings. The molecule has 0 spiro atoms. The molecule has 0 bridgehead atoms. The molecule has 27 heavy (non-hydrogen) atoms. The third-order valence-electron chi connectivity index (χ3n) is 4.30. The zero-order chi connectivity index (χ0) is 18.8. The summed E-state index contributed by atoms with van der Waals surface area (Å²) < 4.78 is 1.63. The first-order valence-corrected chi connectivity index (χ1v) is 8.89. The van der Waals surface area contributed by atoms with Gasteiger partial charge in [-0.25, -0.2) is 4.98 Å². The Bertz CT molecular complexity index is 1210. The molecule has 0 aliphatic rings. The Kier molecular flexibility index (Phi) is 4.57. The molecule has 4 nitrogen and oxygen atoms in total. The summed E-state index contributed by atoms with van der Waals surface area (Å²) in [5.41, 5.74) is 3.01. The average Bonchev–Trinajstić information content (AvgIpc) is 2.68. The minimum atomic E-state index is -0.133. The maximum atomic E-state index is 13.3. The molecular weight excluding hydrogens is 358 g/mol. The Morgan fingerprint density at radius 3 is 2.59 bits per heavy atom. The van der Waals surface area contributed by atoms with Gasteiger partial charge in [-0.3, -0.25) is 14.3 Å². The minimum absolute atomic E-state index is 0.133. The lowest BCUT2D eigenvalue weighted by Gasteiger charge is -2.13. The molecule has 0 N–H and O–H groups in total. The fourth-order valence-corrected chi connectivity index (χ4v) is 3.14. The molecule has 4 aromatic rings. The second-order valence-electron chi connectivity index (χ2n) is 6.15. The predicted molar refractivity (Wildman–Crippen MR) is 110 cm³/mol. The van der Waals surface area contributed by atoms with Gasteiger partial charge in [-0.1, -0.05) is 35.9 Å². The standard InChI is InChI=1S/C22H16ClN3O/c1-15-6-2-3-8-20(15)26-21(12-10-17-7-4-5-13-24-17)25-19-14-16(23)9-11-18(19)22(26)27/h2-14H,1H3/b12-10+. The van der Waals surface area contributed by atoms with E-state index >= 15 is 0 Å². The van der Waals surface area contributed by atoms with Crippen molar-refractivity contribution in [1.82, 2.24) is 14.5 Å². The van der Waals surface area contributed by atoms with E-state index in [4.69, 9.17) is 16.6 Å². The van der Waals surface area contributed by atoms with E-state index in [2.05, 4.69) is 4.98 Å². The van der Waals surface area contributed by atoms with Crippen molar-refractivity contribution in [2.75, 3.05) is 0 Å². The Morgan fingerprint density at radius 1 is 1.00 bits per heavy atom. The van der Waals surface area contributed by atoms with Crippen LogP contribution in [-0.4, -0.2) is 14.5 Å². The molecule has 0 aliphatic carbocycles. The molecule has 0 radical (unpaired) electrons. The van der Waals surface area contributed by atoms with Gasteiger partial charge in [0.25, 0.3) is 5.56 Å². The predicted octanol–water partition coefficient (Wildman–Crippen LogP) is 4.91. The van der Waals surface area contributed by atoms with Crippen LogP contribution < -0.4 is 5.56 Å². The molecule has 0 aliphatic heterocycles. The lowest BCUT2D eigenvalue weighted by molar-refractivity contribution is 0.934. The van der Waals surface area contributed by atoms with Gasteiger partial charge in [0, 0.05) is 11.2 Å². The number of rotatable bonds is 3. The number of hydrogen-bond acceptors (Lipinski definition) is 3. The van der Waals surface area contributed by atoms with Gasteiger partial charge >= 0.3 is 0 Å². The summed E-state index contributed by atoms with van der Waals surface area (Å²) in [5, 5.41) is 1.07. The maximum absolute atomic E-state index is 13.3. The maximum Gasteiger partial charge on any atom is 0.266 e. The van der Waals surface area contributed by atoms with E-state index in [0.717, 1.165) is 16.9 Å². The van der Waals surface area contributed by atoms with Crippen molar-refractivity contribution in [1.29, 1.82) is 0 Å². The highest BCUT2D eigenvalue weighted by Gasteiger charge is 2.13. The van der Waals surface area contributed by atoms with Crippen LogP contribution in [0.15, 0.2) is 71.7 Å². The fourth-order valence-electron chi connectivity index (χ4n) is 2.97. The van der Waals surface area contributed by atoms with Gasteiger partial charge in [0.05, 0.1) is 22.3 Å². The topological polar surface area (TPSA) is 47.8 Å². The smallest absolute Gasteiger partial charge is 0.266 e. The van der Waals surface area contributed by atoms with Crippen molar-refractivity contribution in [2.24, 2.45) is 0 Å². The van der Waals surface area contributed by atoms with Crippen molar-refractivity contribution >= 4 is 34.7 Å². The van der Waals surface area contributed by atoms with Crippen molar-refractivity contribution < 1.29 is 0 Å². The Balaban J connectivity index is 2.00. The monoisotopic (exact) mass is 373 g/mol. The second-order valence-corrected chi connectivity index (χ2v) is 6.58. The van der Waals surface area contributed by atoms with E-state index in [-0.39, 0.29) is 5.56 Å². The van der Waals surface area contributed by atoms with Crippen LogP contribution in [0.3, 0.4) is 0 Å². The summed E-state index contributed by atoms with van der Waals surface area (Å²) in [6, 6.07) is 18.5. The van der Waals surface area contributed by atoms with Crippen LogP contribution in [0.1, 0.15) is 17.1 Å². The van der Waals surface area contributed by atoms with Crippen LogP contribution in [0.5, 0.6) is 0 Å². The summed E-state index contributed by atoms with van der Waals surface area (Å²) in [5.74, 6) is 0.523. The number of benzene rings is 2. The lowest BCUT2D eigenvalue weighted by atomic mass is 10.1. The Hall–Kier alpha value is -3.24. The third kappa shape index (κ3) is 3.39. The van der Waals surface area contributed by atoms with Crippen molar-refractivity contribution in [2.45, 2.75) is 6.92 Å². The van der Waals surface area contributed by atoms with E-state index in [1.54, 1.807) is 35.0 Å². The third-order valence-corrected chi connectivity index (χ3v) is 4.54. The molecule has 0 saturated heterocycles. The highest BCUT2D eigenvalue weighted by atomic mass is 35.5. The van der Waals surface area contributed by atoms with E-state index in [0.29, 0.717) is 21.7 Å². The van der Waals surface area contributed by atoms with Gasteiger partial charge in [-0.05, 0) is 61.0 Å². The molecule has 0 amide bonds. The van der Waals surface area contributed by atoms with Crippen molar-refractivity contribution in [3.63, 3.8) is 0 Å². The van der Waals surface area contributed by atoms with Gasteiger partial charge in [0.15, 0.2) is 0 Å². The molecule has 0 saturated carbocycles. The molecule has 132 valence electrons. The molecular formula is C22H16ClN3O. The molecule has 2 aromatic heterocycles. The summed E-state index contributed by atoms with van der Waals surface area (Å²) >= 11 is 6.10. The number of aryl methyl sites for hydroxylation is 1. The van der Waals surface area contributed by atoms with Crippen molar-refractivity contribution in [3.8, 4) is 5.69 Å². The van der Waals surface area contributed by atoms with Gasteiger partial charge in [-0.15, -0.1) is 0 Å². The Morgan fingerprint density at radius 2 is 1.81 bits per heavy atom. The summed E-state index contributed by atoms with van der Waals surface area (Å²) in [6.07, 6.45) is 5.37. The van der Waals surface area contributed by atoms with E-state index in [1.807, 2.05) is 55.5 Å². The Labute approximate surface area is 161 Å². The molecule has 2 aromatic carbocycles.